The summed E-state index contributed by atoms with van der Waals surface area (Å²) in [7, 11) is -2.60. The molecule has 94 valence electrons. The maximum atomic E-state index is 10.9. The lowest BCUT2D eigenvalue weighted by Gasteiger charge is -2.07. The first kappa shape index (κ1) is 12.6. The van der Waals surface area contributed by atoms with Crippen LogP contribution in [0.3, 0.4) is 0 Å². The minimum absolute atomic E-state index is 0.227. The van der Waals surface area contributed by atoms with Crippen LogP contribution in [0.4, 0.5) is 5.69 Å². The molecular formula is C13H14N2O2S. The molecule has 0 spiro atoms. The molecule has 0 aliphatic heterocycles. The van der Waals surface area contributed by atoms with Crippen molar-refractivity contribution >= 4 is 16.4 Å². The molecule has 0 heterocycles. The molecule has 4 nitrogen and oxygen atoms in total. The monoisotopic (exact) mass is 262 g/mol. The van der Waals surface area contributed by atoms with Gasteiger partial charge in [-0.25, -0.2) is 8.42 Å². The van der Waals surface area contributed by atoms with E-state index in [9.17, 15) is 8.42 Å². The van der Waals surface area contributed by atoms with Gasteiger partial charge >= 0.3 is 0 Å². The van der Waals surface area contributed by atoms with Gasteiger partial charge in [0.2, 0.25) is 0 Å². The average Bonchev–Trinajstić information content (AvgIpc) is 2.38. The molecule has 2 rings (SSSR count). The molecule has 2 aromatic carbocycles. The van der Waals surface area contributed by atoms with Crippen LogP contribution in [0, 0.1) is 0 Å². The standard InChI is InChI=1S/C13H14N2O2S/c14-8-9-1-3-10(4-2-9)12-6-5-11(18(16)17)7-13(12)15/h1-7,18H,8,14-15H2. The molecule has 0 unspecified atom stereocenters. The van der Waals surface area contributed by atoms with Gasteiger partial charge < -0.3 is 11.5 Å². The van der Waals surface area contributed by atoms with Gasteiger partial charge in [0.1, 0.15) is 0 Å². The van der Waals surface area contributed by atoms with Gasteiger partial charge in [0.25, 0.3) is 0 Å². The first-order valence-corrected chi connectivity index (χ1v) is 6.63. The van der Waals surface area contributed by atoms with Crippen LogP contribution in [-0.2, 0) is 17.2 Å². The zero-order valence-electron chi connectivity index (χ0n) is 9.67. The molecule has 0 aliphatic carbocycles. The van der Waals surface area contributed by atoms with Gasteiger partial charge in [-0.2, -0.15) is 0 Å². The van der Waals surface area contributed by atoms with Crippen LogP contribution in [0.15, 0.2) is 47.4 Å². The van der Waals surface area contributed by atoms with Crippen molar-refractivity contribution in [1.82, 2.24) is 0 Å². The molecule has 0 aliphatic rings. The fraction of sp³-hybridized carbons (Fsp3) is 0.0769. The van der Waals surface area contributed by atoms with Crippen molar-refractivity contribution in [3.63, 3.8) is 0 Å². The fourth-order valence-corrected chi connectivity index (χ4v) is 2.19. The van der Waals surface area contributed by atoms with E-state index in [0.717, 1.165) is 16.7 Å². The highest BCUT2D eigenvalue weighted by Gasteiger charge is 2.05. The number of hydrogen-bond acceptors (Lipinski definition) is 4. The number of thiol groups is 1. The average molecular weight is 262 g/mol. The van der Waals surface area contributed by atoms with Crippen molar-refractivity contribution in [1.29, 1.82) is 0 Å². The molecule has 4 N–H and O–H groups in total. The lowest BCUT2D eigenvalue weighted by atomic mass is 10.0. The molecule has 0 fully saturated rings. The summed E-state index contributed by atoms with van der Waals surface area (Å²) in [6.45, 7) is 0.491. The topological polar surface area (TPSA) is 86.2 Å². The van der Waals surface area contributed by atoms with Gasteiger partial charge in [-0.15, -0.1) is 0 Å². The Morgan fingerprint density at radius 2 is 1.67 bits per heavy atom. The predicted molar refractivity (Wildman–Crippen MR) is 72.8 cm³/mol. The Hall–Kier alpha value is -1.85. The largest absolute Gasteiger partial charge is 0.398 e. The van der Waals surface area contributed by atoms with Gasteiger partial charge in [-0.1, -0.05) is 30.3 Å². The van der Waals surface area contributed by atoms with E-state index in [1.807, 2.05) is 24.3 Å². The van der Waals surface area contributed by atoms with E-state index < -0.39 is 10.7 Å². The van der Waals surface area contributed by atoms with E-state index >= 15 is 0 Å². The van der Waals surface area contributed by atoms with Crippen molar-refractivity contribution in [2.75, 3.05) is 5.73 Å². The Bertz CT molecular complexity index is 626. The summed E-state index contributed by atoms with van der Waals surface area (Å²) >= 11 is 0. The van der Waals surface area contributed by atoms with Gasteiger partial charge in [-0.05, 0) is 23.3 Å². The number of hydrogen-bond donors (Lipinski definition) is 3. The Morgan fingerprint density at radius 1 is 1.00 bits per heavy atom. The maximum absolute atomic E-state index is 10.9. The number of benzene rings is 2. The Balaban J connectivity index is 2.44. The van der Waals surface area contributed by atoms with Crippen LogP contribution >= 0.6 is 0 Å². The summed E-state index contributed by atoms with van der Waals surface area (Å²) in [5, 5.41) is 0. The van der Waals surface area contributed by atoms with Crippen LogP contribution in [0.2, 0.25) is 0 Å². The normalized spacial score (nSPS) is 10.8. The molecule has 0 atom stereocenters. The second kappa shape index (κ2) is 5.20. The first-order chi connectivity index (χ1) is 8.61. The molecule has 0 radical (unpaired) electrons. The van der Waals surface area contributed by atoms with Crippen molar-refractivity contribution in [2.24, 2.45) is 5.73 Å². The molecule has 0 bridgehead atoms. The van der Waals surface area contributed by atoms with Crippen LogP contribution in [0.5, 0.6) is 0 Å². The van der Waals surface area contributed by atoms with Gasteiger partial charge in [0.15, 0.2) is 10.7 Å². The molecule has 0 aromatic heterocycles. The summed E-state index contributed by atoms with van der Waals surface area (Å²) in [5.41, 5.74) is 14.6. The smallest absolute Gasteiger partial charge is 0.168 e. The molecule has 5 heteroatoms. The summed E-state index contributed by atoms with van der Waals surface area (Å²) < 4.78 is 21.7. The lowest BCUT2D eigenvalue weighted by molar-refractivity contribution is 0.614. The molecule has 2 aromatic rings. The van der Waals surface area contributed by atoms with Crippen LogP contribution in [0.1, 0.15) is 5.56 Å². The zero-order valence-corrected chi connectivity index (χ0v) is 10.6. The second-order valence-electron chi connectivity index (χ2n) is 3.93. The summed E-state index contributed by atoms with van der Waals surface area (Å²) in [5.74, 6) is 0. The van der Waals surface area contributed by atoms with E-state index in [1.54, 1.807) is 12.1 Å². The van der Waals surface area contributed by atoms with Crippen LogP contribution in [-0.4, -0.2) is 8.42 Å². The van der Waals surface area contributed by atoms with E-state index in [-0.39, 0.29) is 4.90 Å². The van der Waals surface area contributed by atoms with Crippen LogP contribution in [0.25, 0.3) is 11.1 Å². The minimum Gasteiger partial charge on any atom is -0.398 e. The first-order valence-electron chi connectivity index (χ1n) is 5.45. The molecule has 0 amide bonds. The van der Waals surface area contributed by atoms with E-state index in [2.05, 4.69) is 0 Å². The number of rotatable bonds is 3. The highest BCUT2D eigenvalue weighted by molar-refractivity contribution is 7.72. The Morgan fingerprint density at radius 3 is 2.17 bits per heavy atom. The third-order valence-corrected chi connectivity index (χ3v) is 3.45. The molecule has 0 saturated heterocycles. The zero-order chi connectivity index (χ0) is 13.1. The van der Waals surface area contributed by atoms with Gasteiger partial charge in [0, 0.05) is 17.8 Å². The highest BCUT2D eigenvalue weighted by atomic mass is 32.2. The lowest BCUT2D eigenvalue weighted by Crippen LogP contribution is -1.96. The van der Waals surface area contributed by atoms with Gasteiger partial charge in [-0.3, -0.25) is 0 Å². The third-order valence-electron chi connectivity index (χ3n) is 2.75. The Labute approximate surface area is 107 Å². The van der Waals surface area contributed by atoms with Crippen molar-refractivity contribution in [2.45, 2.75) is 11.4 Å². The number of nitrogen functional groups attached to an aromatic ring is 1. The minimum atomic E-state index is -2.60. The predicted octanol–water partition coefficient (Wildman–Crippen LogP) is 1.36. The number of anilines is 1. The van der Waals surface area contributed by atoms with E-state index in [0.29, 0.717) is 12.2 Å². The molecule has 0 saturated carbocycles. The van der Waals surface area contributed by atoms with Crippen molar-refractivity contribution in [3.8, 4) is 11.1 Å². The quantitative estimate of drug-likeness (QED) is 0.576. The highest BCUT2D eigenvalue weighted by Crippen LogP contribution is 2.27. The SMILES string of the molecule is NCc1ccc(-c2ccc([SH](=O)=O)cc2N)cc1. The summed E-state index contributed by atoms with van der Waals surface area (Å²) in [6, 6.07) is 12.4. The third kappa shape index (κ3) is 2.52. The summed E-state index contributed by atoms with van der Waals surface area (Å²) in [4.78, 5) is 0.227. The van der Waals surface area contributed by atoms with Crippen molar-refractivity contribution < 1.29 is 8.42 Å². The molecular weight excluding hydrogens is 248 g/mol. The van der Waals surface area contributed by atoms with E-state index in [4.69, 9.17) is 11.5 Å². The van der Waals surface area contributed by atoms with E-state index in [1.165, 1.54) is 6.07 Å². The molecule has 18 heavy (non-hydrogen) atoms. The van der Waals surface area contributed by atoms with Crippen LogP contribution < -0.4 is 11.5 Å². The Kier molecular flexibility index (Phi) is 3.64. The maximum Gasteiger partial charge on any atom is 0.168 e. The summed E-state index contributed by atoms with van der Waals surface area (Å²) in [6.07, 6.45) is 0. The second-order valence-corrected chi connectivity index (χ2v) is 4.96. The fourth-order valence-electron chi connectivity index (χ4n) is 1.75. The van der Waals surface area contributed by atoms with Gasteiger partial charge in [0.05, 0.1) is 4.90 Å². The van der Waals surface area contributed by atoms with Crippen molar-refractivity contribution in [3.05, 3.63) is 48.0 Å². The number of nitrogens with two attached hydrogens (primary N) is 2.